The summed E-state index contributed by atoms with van der Waals surface area (Å²) in [5, 5.41) is 0. The first-order valence-corrected chi connectivity index (χ1v) is 4.18. The molecule has 1 unspecified atom stereocenters. The molecule has 4 nitrogen and oxygen atoms in total. The summed E-state index contributed by atoms with van der Waals surface area (Å²) in [5.41, 5.74) is 10.2. The Balaban J connectivity index is 4.18. The van der Waals surface area contributed by atoms with Gasteiger partial charge in [-0.2, -0.15) is 0 Å². The number of carbonyl (C=O) groups excluding carboxylic acids is 1. The predicted molar refractivity (Wildman–Crippen MR) is 47.5 cm³/mol. The van der Waals surface area contributed by atoms with Gasteiger partial charge in [-0.05, 0) is 26.8 Å². The maximum Gasteiger partial charge on any atom is 0.313 e. The molecule has 0 fully saturated rings. The Morgan fingerprint density at radius 1 is 1.50 bits per heavy atom. The Kier molecular flexibility index (Phi) is 4.85. The highest BCUT2D eigenvalue weighted by molar-refractivity contribution is 5.76. The van der Waals surface area contributed by atoms with Crippen LogP contribution >= 0.6 is 0 Å². The lowest BCUT2D eigenvalue weighted by Crippen LogP contribution is -2.39. The van der Waals surface area contributed by atoms with E-state index in [1.165, 1.54) is 0 Å². The summed E-state index contributed by atoms with van der Waals surface area (Å²) in [6, 6.07) is 0. The number of hydrogen-bond donors (Lipinski definition) is 2. The highest BCUT2D eigenvalue weighted by Crippen LogP contribution is 2.20. The highest BCUT2D eigenvalue weighted by atomic mass is 16.5. The highest BCUT2D eigenvalue weighted by Gasteiger charge is 2.32. The number of hydrogen-bond acceptors (Lipinski definition) is 4. The van der Waals surface area contributed by atoms with Gasteiger partial charge in [0.05, 0.1) is 12.0 Å². The molecule has 0 bridgehead atoms. The van der Waals surface area contributed by atoms with Crippen LogP contribution in [0.1, 0.15) is 20.3 Å². The molecular formula is C8H18N2O2. The van der Waals surface area contributed by atoms with Crippen LogP contribution in [0.2, 0.25) is 0 Å². The largest absolute Gasteiger partial charge is 0.466 e. The summed E-state index contributed by atoms with van der Waals surface area (Å²) in [6.45, 7) is 4.67. The molecule has 0 radical (unpaired) electrons. The third-order valence-electron chi connectivity index (χ3n) is 1.91. The first-order chi connectivity index (χ1) is 5.60. The van der Waals surface area contributed by atoms with Crippen LogP contribution in [0.4, 0.5) is 0 Å². The summed E-state index contributed by atoms with van der Waals surface area (Å²) < 4.78 is 4.88. The molecule has 0 amide bonds. The van der Waals surface area contributed by atoms with Crippen LogP contribution in [0, 0.1) is 5.41 Å². The smallest absolute Gasteiger partial charge is 0.313 e. The molecule has 0 rings (SSSR count). The standard InChI is InChI=1S/C8H18N2O2/c1-3-12-7(11)8(2,6-10)4-5-9/h3-6,9-10H2,1-2H3. The van der Waals surface area contributed by atoms with Crippen molar-refractivity contribution in [3.05, 3.63) is 0 Å². The quantitative estimate of drug-likeness (QED) is 0.569. The number of nitrogens with two attached hydrogens (primary N) is 2. The van der Waals surface area contributed by atoms with Gasteiger partial charge in [0.2, 0.25) is 0 Å². The minimum Gasteiger partial charge on any atom is -0.466 e. The lowest BCUT2D eigenvalue weighted by molar-refractivity contribution is -0.154. The Bertz CT molecular complexity index is 150. The van der Waals surface area contributed by atoms with Gasteiger partial charge in [-0.15, -0.1) is 0 Å². The average Bonchev–Trinajstić information content (AvgIpc) is 2.05. The Morgan fingerprint density at radius 3 is 2.42 bits per heavy atom. The molecule has 1 atom stereocenters. The molecule has 4 heteroatoms. The zero-order valence-corrected chi connectivity index (χ0v) is 7.80. The molecular weight excluding hydrogens is 156 g/mol. The molecule has 0 spiro atoms. The summed E-state index contributed by atoms with van der Waals surface area (Å²) in [7, 11) is 0. The van der Waals surface area contributed by atoms with Crippen molar-refractivity contribution in [2.24, 2.45) is 16.9 Å². The Hall–Kier alpha value is -0.610. The van der Waals surface area contributed by atoms with Gasteiger partial charge in [0, 0.05) is 6.54 Å². The molecule has 0 aliphatic rings. The van der Waals surface area contributed by atoms with E-state index in [4.69, 9.17) is 16.2 Å². The summed E-state index contributed by atoms with van der Waals surface area (Å²) in [4.78, 5) is 11.3. The Morgan fingerprint density at radius 2 is 2.08 bits per heavy atom. The molecule has 0 saturated heterocycles. The Labute approximate surface area is 73.2 Å². The minimum atomic E-state index is -0.606. The van der Waals surface area contributed by atoms with Crippen LogP contribution < -0.4 is 11.5 Å². The van der Waals surface area contributed by atoms with Crippen molar-refractivity contribution in [3.8, 4) is 0 Å². The van der Waals surface area contributed by atoms with Crippen LogP contribution in [0.3, 0.4) is 0 Å². The van der Waals surface area contributed by atoms with Crippen molar-refractivity contribution in [1.29, 1.82) is 0 Å². The molecule has 0 aromatic heterocycles. The van der Waals surface area contributed by atoms with E-state index >= 15 is 0 Å². The fourth-order valence-corrected chi connectivity index (χ4v) is 0.911. The van der Waals surface area contributed by atoms with Gasteiger partial charge < -0.3 is 16.2 Å². The number of esters is 1. The molecule has 0 saturated carbocycles. The van der Waals surface area contributed by atoms with Gasteiger partial charge in [0.15, 0.2) is 0 Å². The summed E-state index contributed by atoms with van der Waals surface area (Å²) >= 11 is 0. The van der Waals surface area contributed by atoms with E-state index in [1.54, 1.807) is 13.8 Å². The molecule has 0 aromatic rings. The van der Waals surface area contributed by atoms with Crippen molar-refractivity contribution in [3.63, 3.8) is 0 Å². The van der Waals surface area contributed by atoms with Gasteiger partial charge >= 0.3 is 5.97 Å². The van der Waals surface area contributed by atoms with Gasteiger partial charge in [0.25, 0.3) is 0 Å². The zero-order chi connectivity index (χ0) is 9.61. The molecule has 0 aliphatic carbocycles. The molecule has 12 heavy (non-hydrogen) atoms. The lowest BCUT2D eigenvalue weighted by Gasteiger charge is -2.24. The molecule has 0 aromatic carbocycles. The van der Waals surface area contributed by atoms with E-state index in [-0.39, 0.29) is 12.5 Å². The monoisotopic (exact) mass is 174 g/mol. The topological polar surface area (TPSA) is 78.3 Å². The third kappa shape index (κ3) is 2.79. The maximum absolute atomic E-state index is 11.3. The number of carbonyl (C=O) groups is 1. The molecule has 0 aliphatic heterocycles. The van der Waals surface area contributed by atoms with Gasteiger partial charge in [-0.1, -0.05) is 0 Å². The summed E-state index contributed by atoms with van der Waals surface area (Å²) in [5.74, 6) is -0.252. The number of ether oxygens (including phenoxy) is 1. The maximum atomic E-state index is 11.3. The van der Waals surface area contributed by atoms with Crippen molar-refractivity contribution in [2.45, 2.75) is 20.3 Å². The lowest BCUT2D eigenvalue weighted by atomic mass is 9.87. The first-order valence-electron chi connectivity index (χ1n) is 4.18. The van der Waals surface area contributed by atoms with E-state index in [2.05, 4.69) is 0 Å². The van der Waals surface area contributed by atoms with E-state index in [0.717, 1.165) is 0 Å². The van der Waals surface area contributed by atoms with Crippen LogP contribution in [0.5, 0.6) is 0 Å². The van der Waals surface area contributed by atoms with Gasteiger partial charge in [-0.25, -0.2) is 0 Å². The van der Waals surface area contributed by atoms with Crippen LogP contribution in [0.15, 0.2) is 0 Å². The van der Waals surface area contributed by atoms with E-state index < -0.39 is 5.41 Å². The third-order valence-corrected chi connectivity index (χ3v) is 1.91. The fraction of sp³-hybridized carbons (Fsp3) is 0.875. The van der Waals surface area contributed by atoms with E-state index in [1.807, 2.05) is 0 Å². The second-order valence-corrected chi connectivity index (χ2v) is 3.02. The fourth-order valence-electron chi connectivity index (χ4n) is 0.911. The zero-order valence-electron chi connectivity index (χ0n) is 7.80. The van der Waals surface area contributed by atoms with Gasteiger partial charge in [-0.3, -0.25) is 4.79 Å². The van der Waals surface area contributed by atoms with E-state index in [9.17, 15) is 4.79 Å². The predicted octanol–water partition coefficient (Wildman–Crippen LogP) is -0.137. The average molecular weight is 174 g/mol. The van der Waals surface area contributed by atoms with Crippen molar-refractivity contribution < 1.29 is 9.53 Å². The second-order valence-electron chi connectivity index (χ2n) is 3.02. The van der Waals surface area contributed by atoms with E-state index in [0.29, 0.717) is 19.6 Å². The SMILES string of the molecule is CCOC(=O)C(C)(CN)CCN. The first kappa shape index (κ1) is 11.4. The van der Waals surface area contributed by atoms with Crippen LogP contribution in [0.25, 0.3) is 0 Å². The minimum absolute atomic E-state index is 0.252. The second kappa shape index (κ2) is 5.11. The molecule has 4 N–H and O–H groups in total. The normalized spacial score (nSPS) is 15.3. The molecule has 72 valence electrons. The van der Waals surface area contributed by atoms with Crippen molar-refractivity contribution >= 4 is 5.97 Å². The van der Waals surface area contributed by atoms with Crippen molar-refractivity contribution in [1.82, 2.24) is 0 Å². The van der Waals surface area contributed by atoms with Crippen LogP contribution in [-0.4, -0.2) is 25.7 Å². The van der Waals surface area contributed by atoms with Gasteiger partial charge in [0.1, 0.15) is 0 Å². The number of rotatable bonds is 5. The van der Waals surface area contributed by atoms with Crippen molar-refractivity contribution in [2.75, 3.05) is 19.7 Å². The molecule has 0 heterocycles. The van der Waals surface area contributed by atoms with Crippen LogP contribution in [-0.2, 0) is 9.53 Å². The summed E-state index contributed by atoms with van der Waals surface area (Å²) in [6.07, 6.45) is 0.572.